The first-order valence-corrected chi connectivity index (χ1v) is 9.29. The predicted molar refractivity (Wildman–Crippen MR) is 111 cm³/mol. The van der Waals surface area contributed by atoms with Crippen LogP contribution in [0.15, 0.2) is 36.5 Å². The van der Waals surface area contributed by atoms with Crippen LogP contribution in [-0.4, -0.2) is 34.1 Å². The molecule has 3 rings (SSSR count). The first kappa shape index (κ1) is 21.8. The average molecular weight is 431 g/mol. The van der Waals surface area contributed by atoms with E-state index in [2.05, 4.69) is 36.2 Å². The van der Waals surface area contributed by atoms with Gasteiger partial charge in [-0.05, 0) is 43.7 Å². The molecule has 2 amide bonds. The second-order valence-electron chi connectivity index (χ2n) is 6.56. The van der Waals surface area contributed by atoms with Gasteiger partial charge in [0.25, 0.3) is 0 Å². The van der Waals surface area contributed by atoms with Crippen molar-refractivity contribution >= 4 is 29.2 Å². The topological polar surface area (TPSA) is 104 Å². The smallest absolute Gasteiger partial charge is 0.319 e. The lowest BCUT2D eigenvalue weighted by Crippen LogP contribution is -2.33. The monoisotopic (exact) mass is 431 g/mol. The predicted octanol–water partition coefficient (Wildman–Crippen LogP) is 3.88. The highest BCUT2D eigenvalue weighted by Gasteiger charge is 2.15. The van der Waals surface area contributed by atoms with Crippen LogP contribution in [-0.2, 0) is 0 Å². The van der Waals surface area contributed by atoms with Gasteiger partial charge >= 0.3 is 6.03 Å². The Labute approximate surface area is 176 Å². The number of aryl methyl sites for hydroxylation is 2. The van der Waals surface area contributed by atoms with Gasteiger partial charge in [0.1, 0.15) is 23.3 Å². The summed E-state index contributed by atoms with van der Waals surface area (Å²) in [5, 5.41) is 10.7. The van der Waals surface area contributed by atoms with Crippen molar-refractivity contribution < 1.29 is 18.0 Å². The van der Waals surface area contributed by atoms with Crippen molar-refractivity contribution in [2.24, 2.45) is 0 Å². The fourth-order valence-electron chi connectivity index (χ4n) is 2.61. The van der Waals surface area contributed by atoms with E-state index >= 15 is 0 Å². The number of carbonyl (C=O) groups is 1. The lowest BCUT2D eigenvalue weighted by atomic mass is 10.3. The van der Waals surface area contributed by atoms with Gasteiger partial charge in [-0.2, -0.15) is 0 Å². The second kappa shape index (κ2) is 9.74. The molecule has 4 N–H and O–H groups in total. The Kier molecular flexibility index (Phi) is 6.85. The Morgan fingerprint density at radius 3 is 2.48 bits per heavy atom. The number of anilines is 4. The summed E-state index contributed by atoms with van der Waals surface area (Å²) in [4.78, 5) is 24.6. The number of hydrogen-bond acceptors (Lipinski definition) is 6. The highest BCUT2D eigenvalue weighted by molar-refractivity contribution is 5.89. The second-order valence-corrected chi connectivity index (χ2v) is 6.56. The first-order chi connectivity index (χ1) is 14.8. The lowest BCUT2D eigenvalue weighted by Gasteiger charge is -2.11. The van der Waals surface area contributed by atoms with Crippen molar-refractivity contribution in [3.8, 4) is 0 Å². The Morgan fingerprint density at radius 1 is 0.935 bits per heavy atom. The number of carbonyl (C=O) groups excluding carboxylic acids is 1. The minimum Gasteiger partial charge on any atom is -0.368 e. The number of aromatic nitrogens is 3. The van der Waals surface area contributed by atoms with Gasteiger partial charge in [0, 0.05) is 25.4 Å². The Morgan fingerprint density at radius 2 is 1.71 bits per heavy atom. The van der Waals surface area contributed by atoms with E-state index in [0.717, 1.165) is 17.7 Å². The van der Waals surface area contributed by atoms with E-state index in [0.29, 0.717) is 29.8 Å². The highest BCUT2D eigenvalue weighted by Crippen LogP contribution is 2.19. The average Bonchev–Trinajstić information content (AvgIpc) is 2.71. The highest BCUT2D eigenvalue weighted by atomic mass is 19.2. The third kappa shape index (κ3) is 6.04. The molecule has 1 aromatic carbocycles. The molecule has 0 fully saturated rings. The summed E-state index contributed by atoms with van der Waals surface area (Å²) in [7, 11) is 0. The van der Waals surface area contributed by atoms with Crippen molar-refractivity contribution in [1.29, 1.82) is 0 Å². The van der Waals surface area contributed by atoms with Crippen LogP contribution in [0.25, 0.3) is 0 Å². The normalized spacial score (nSPS) is 10.5. The van der Waals surface area contributed by atoms with Gasteiger partial charge < -0.3 is 21.3 Å². The zero-order valence-corrected chi connectivity index (χ0v) is 16.8. The molecule has 162 valence electrons. The molecule has 8 nitrogen and oxygen atoms in total. The fourth-order valence-corrected chi connectivity index (χ4v) is 2.61. The van der Waals surface area contributed by atoms with Crippen LogP contribution < -0.4 is 21.3 Å². The van der Waals surface area contributed by atoms with Crippen LogP contribution in [0, 0.1) is 31.3 Å². The minimum atomic E-state index is -1.65. The quantitative estimate of drug-likeness (QED) is 0.334. The zero-order valence-electron chi connectivity index (χ0n) is 16.8. The van der Waals surface area contributed by atoms with Crippen LogP contribution in [0.4, 0.5) is 41.1 Å². The molecule has 0 bridgehead atoms. The molecule has 31 heavy (non-hydrogen) atoms. The Hall–Kier alpha value is -3.89. The van der Waals surface area contributed by atoms with Gasteiger partial charge in [-0.1, -0.05) is 0 Å². The van der Waals surface area contributed by atoms with Crippen molar-refractivity contribution in [3.63, 3.8) is 0 Å². The van der Waals surface area contributed by atoms with Gasteiger partial charge in [0.05, 0.1) is 5.69 Å². The van der Waals surface area contributed by atoms with Crippen molar-refractivity contribution in [1.82, 2.24) is 20.3 Å². The molecule has 0 aliphatic rings. The third-order valence-corrected chi connectivity index (χ3v) is 4.01. The standard InChI is InChI=1S/C20H20F3N7O/c1-11-5-6-24-15(9-11)30-17-10-16(27-12(2)28-17)25-7-8-26-20(31)29-14-4-3-13(21)18(22)19(14)23/h3-6,9-10H,7-8H2,1-2H3,(H2,26,29,31)(H2,24,25,27,28,30). The van der Waals surface area contributed by atoms with E-state index in [4.69, 9.17) is 0 Å². The molecule has 0 saturated heterocycles. The third-order valence-electron chi connectivity index (χ3n) is 4.01. The number of hydrogen-bond donors (Lipinski definition) is 4. The molecule has 0 radical (unpaired) electrons. The van der Waals surface area contributed by atoms with Crippen LogP contribution in [0.3, 0.4) is 0 Å². The number of rotatable bonds is 7. The van der Waals surface area contributed by atoms with Gasteiger partial charge in [-0.3, -0.25) is 0 Å². The maximum Gasteiger partial charge on any atom is 0.319 e. The number of benzene rings is 1. The molecule has 0 saturated carbocycles. The molecule has 0 unspecified atom stereocenters. The molecule has 0 spiro atoms. The van der Waals surface area contributed by atoms with E-state index in [1.807, 2.05) is 19.1 Å². The SMILES string of the molecule is Cc1ccnc(Nc2cc(NCCNC(=O)Nc3ccc(F)c(F)c3F)nc(C)n2)c1. The van der Waals surface area contributed by atoms with Crippen LogP contribution in [0.1, 0.15) is 11.4 Å². The largest absolute Gasteiger partial charge is 0.368 e. The van der Waals surface area contributed by atoms with Gasteiger partial charge in [0.15, 0.2) is 17.5 Å². The maximum absolute atomic E-state index is 13.6. The van der Waals surface area contributed by atoms with Crippen molar-refractivity contribution in [2.75, 3.05) is 29.0 Å². The number of amides is 2. The number of pyridine rings is 1. The summed E-state index contributed by atoms with van der Waals surface area (Å²) in [5.41, 5.74) is 0.588. The molecule has 2 aromatic heterocycles. The number of nitrogens with one attached hydrogen (secondary N) is 4. The summed E-state index contributed by atoms with van der Waals surface area (Å²) >= 11 is 0. The first-order valence-electron chi connectivity index (χ1n) is 9.29. The van der Waals surface area contributed by atoms with E-state index in [9.17, 15) is 18.0 Å². The lowest BCUT2D eigenvalue weighted by molar-refractivity contribution is 0.252. The molecular formula is C20H20F3N7O. The van der Waals surface area contributed by atoms with Crippen LogP contribution >= 0.6 is 0 Å². The molecular weight excluding hydrogens is 411 g/mol. The van der Waals surface area contributed by atoms with Gasteiger partial charge in [-0.15, -0.1) is 0 Å². The summed E-state index contributed by atoms with van der Waals surface area (Å²) in [5.74, 6) is -2.20. The summed E-state index contributed by atoms with van der Waals surface area (Å²) in [6.45, 7) is 4.14. The minimum absolute atomic E-state index is 0.155. The molecule has 3 aromatic rings. The van der Waals surface area contributed by atoms with Crippen LogP contribution in [0.2, 0.25) is 0 Å². The number of halogens is 3. The van der Waals surface area contributed by atoms with Crippen LogP contribution in [0.5, 0.6) is 0 Å². The molecule has 2 heterocycles. The summed E-state index contributed by atoms with van der Waals surface area (Å²) in [6, 6.07) is 6.35. The van der Waals surface area contributed by atoms with E-state index in [1.165, 1.54) is 0 Å². The summed E-state index contributed by atoms with van der Waals surface area (Å²) < 4.78 is 39.7. The van der Waals surface area contributed by atoms with E-state index in [-0.39, 0.29) is 6.54 Å². The van der Waals surface area contributed by atoms with E-state index < -0.39 is 29.2 Å². The maximum atomic E-state index is 13.6. The number of nitrogens with zero attached hydrogens (tertiary/aromatic N) is 3. The summed E-state index contributed by atoms with van der Waals surface area (Å²) in [6.07, 6.45) is 1.69. The Balaban J connectivity index is 1.51. The molecule has 0 aliphatic heterocycles. The van der Waals surface area contributed by atoms with Crippen molar-refractivity contribution in [3.05, 3.63) is 65.4 Å². The molecule has 0 aliphatic carbocycles. The fraction of sp³-hybridized carbons (Fsp3) is 0.200. The van der Waals surface area contributed by atoms with Gasteiger partial charge in [-0.25, -0.2) is 32.9 Å². The van der Waals surface area contributed by atoms with E-state index in [1.54, 1.807) is 19.2 Å². The molecule has 11 heteroatoms. The Bertz CT molecular complexity index is 1090. The molecule has 0 atom stereocenters. The zero-order chi connectivity index (χ0) is 22.4. The van der Waals surface area contributed by atoms with Crippen molar-refractivity contribution in [2.45, 2.75) is 13.8 Å². The number of urea groups is 1. The van der Waals surface area contributed by atoms with Gasteiger partial charge in [0.2, 0.25) is 0 Å².